The number of hydrogen-bond donors (Lipinski definition) is 1. The van der Waals surface area contributed by atoms with Crippen molar-refractivity contribution in [1.29, 1.82) is 0 Å². The van der Waals surface area contributed by atoms with Crippen LogP contribution in [0.3, 0.4) is 0 Å². The van der Waals surface area contributed by atoms with E-state index in [1.165, 1.54) is 14.0 Å². The number of esters is 1. The number of hydrogen-bond acceptors (Lipinski definition) is 6. The first-order valence-electron chi connectivity index (χ1n) is 11.5. The van der Waals surface area contributed by atoms with E-state index in [0.29, 0.717) is 18.8 Å². The zero-order valence-electron chi connectivity index (χ0n) is 19.7. The van der Waals surface area contributed by atoms with Crippen LogP contribution in [0.4, 0.5) is 0 Å². The average molecular weight is 455 g/mol. The van der Waals surface area contributed by atoms with E-state index in [1.807, 2.05) is 27.7 Å². The normalized spacial score (nSPS) is 26.0. The lowest BCUT2D eigenvalue weighted by molar-refractivity contribution is -0.154. The van der Waals surface area contributed by atoms with Crippen molar-refractivity contribution in [2.24, 2.45) is 17.8 Å². The molecule has 2 rings (SSSR count). The van der Waals surface area contributed by atoms with E-state index in [1.54, 1.807) is 4.90 Å². The largest absolute Gasteiger partial charge is 0.467 e. The third-order valence-electron chi connectivity index (χ3n) is 6.75. The summed E-state index contributed by atoms with van der Waals surface area (Å²) in [5, 5.41) is 2.26. The van der Waals surface area contributed by atoms with Crippen LogP contribution in [0.2, 0.25) is 0 Å². The number of amides is 2. The standard InChI is InChI=1S/C23H38N2O5S/c1-7-14(4)19(24-21(27)20(13(2)3)31-15(5)26)22(28)25-17-11-9-8-10-16(17)12-18(25)23(29)30-6/h13-14,16-20H,7-12H2,1-6H3,(H,24,27)/t14-,16?,17?,18-,19-,20-/m0/s1. The highest BCUT2D eigenvalue weighted by molar-refractivity contribution is 8.14. The molecule has 2 unspecified atom stereocenters. The molecule has 1 N–H and O–H groups in total. The molecule has 7 nitrogen and oxygen atoms in total. The Bertz CT molecular complexity index is 683. The van der Waals surface area contributed by atoms with Crippen LogP contribution in [0.25, 0.3) is 0 Å². The average Bonchev–Trinajstić information content (AvgIpc) is 3.13. The van der Waals surface area contributed by atoms with E-state index < -0.39 is 17.3 Å². The lowest BCUT2D eigenvalue weighted by Crippen LogP contribution is -2.58. The van der Waals surface area contributed by atoms with Gasteiger partial charge in [0.2, 0.25) is 11.8 Å². The van der Waals surface area contributed by atoms with Crippen LogP contribution in [0.1, 0.15) is 73.1 Å². The van der Waals surface area contributed by atoms with Gasteiger partial charge in [0.05, 0.1) is 12.4 Å². The fourth-order valence-electron chi connectivity index (χ4n) is 4.87. The summed E-state index contributed by atoms with van der Waals surface area (Å²) in [4.78, 5) is 52.8. The van der Waals surface area contributed by atoms with E-state index in [-0.39, 0.29) is 40.8 Å². The van der Waals surface area contributed by atoms with Crippen molar-refractivity contribution in [3.05, 3.63) is 0 Å². The van der Waals surface area contributed by atoms with Gasteiger partial charge in [0.25, 0.3) is 0 Å². The predicted molar refractivity (Wildman–Crippen MR) is 121 cm³/mol. The van der Waals surface area contributed by atoms with E-state index in [0.717, 1.165) is 37.4 Å². The molecule has 6 atom stereocenters. The molecule has 1 saturated carbocycles. The number of nitrogens with one attached hydrogen (secondary N) is 1. The van der Waals surface area contributed by atoms with Crippen LogP contribution in [0.15, 0.2) is 0 Å². The van der Waals surface area contributed by atoms with Crippen molar-refractivity contribution in [2.45, 2.75) is 96.5 Å². The number of thioether (sulfide) groups is 1. The molecule has 2 aliphatic rings. The molecule has 8 heteroatoms. The van der Waals surface area contributed by atoms with Crippen LogP contribution >= 0.6 is 11.8 Å². The summed E-state index contributed by atoms with van der Waals surface area (Å²) in [6, 6.07) is -1.32. The summed E-state index contributed by atoms with van der Waals surface area (Å²) >= 11 is 0.998. The summed E-state index contributed by atoms with van der Waals surface area (Å²) in [6.07, 6.45) is 5.35. The topological polar surface area (TPSA) is 92.8 Å². The third kappa shape index (κ3) is 6.02. The Hall–Kier alpha value is -1.57. The van der Waals surface area contributed by atoms with Crippen LogP contribution in [0.5, 0.6) is 0 Å². The predicted octanol–water partition coefficient (Wildman–Crippen LogP) is 3.15. The van der Waals surface area contributed by atoms with Gasteiger partial charge >= 0.3 is 5.97 Å². The van der Waals surface area contributed by atoms with Gasteiger partial charge in [-0.1, -0.05) is 58.7 Å². The molecule has 1 saturated heterocycles. The Morgan fingerprint density at radius 1 is 1.13 bits per heavy atom. The number of fused-ring (bicyclic) bond motifs is 1. The second-order valence-corrected chi connectivity index (χ2v) is 10.6. The molecule has 0 spiro atoms. The van der Waals surface area contributed by atoms with Gasteiger partial charge in [-0.25, -0.2) is 4.79 Å². The van der Waals surface area contributed by atoms with Gasteiger partial charge in [-0.2, -0.15) is 0 Å². The summed E-state index contributed by atoms with van der Waals surface area (Å²) in [6.45, 7) is 9.14. The van der Waals surface area contributed by atoms with E-state index in [4.69, 9.17) is 4.74 Å². The fourth-order valence-corrected chi connectivity index (χ4v) is 5.68. The first kappa shape index (κ1) is 25.7. The molecule has 1 heterocycles. The Kier molecular flexibility index (Phi) is 9.40. The number of methoxy groups -OCH3 is 1. The van der Waals surface area contributed by atoms with E-state index in [9.17, 15) is 19.2 Å². The van der Waals surface area contributed by atoms with Crippen molar-refractivity contribution in [1.82, 2.24) is 10.2 Å². The van der Waals surface area contributed by atoms with Gasteiger partial charge in [-0.3, -0.25) is 14.4 Å². The first-order valence-corrected chi connectivity index (χ1v) is 12.4. The Morgan fingerprint density at radius 3 is 2.32 bits per heavy atom. The minimum absolute atomic E-state index is 0.0151. The molecule has 0 aromatic heterocycles. The second kappa shape index (κ2) is 11.3. The zero-order valence-corrected chi connectivity index (χ0v) is 20.5. The minimum Gasteiger partial charge on any atom is -0.467 e. The summed E-state index contributed by atoms with van der Waals surface area (Å²) in [5.74, 6) is -0.756. The quantitative estimate of drug-likeness (QED) is 0.567. The highest BCUT2D eigenvalue weighted by Crippen LogP contribution is 2.40. The lowest BCUT2D eigenvalue weighted by Gasteiger charge is -2.37. The maximum Gasteiger partial charge on any atom is 0.328 e. The lowest BCUT2D eigenvalue weighted by atomic mass is 9.84. The van der Waals surface area contributed by atoms with Crippen LogP contribution in [-0.4, -0.2) is 58.3 Å². The Labute approximate surface area is 190 Å². The van der Waals surface area contributed by atoms with Crippen molar-refractivity contribution < 1.29 is 23.9 Å². The molecule has 2 amide bonds. The summed E-state index contributed by atoms with van der Waals surface area (Å²) in [7, 11) is 1.35. The van der Waals surface area contributed by atoms with Gasteiger partial charge in [-0.15, -0.1) is 0 Å². The molecule has 0 bridgehead atoms. The zero-order chi connectivity index (χ0) is 23.3. The number of rotatable bonds is 8. The van der Waals surface area contributed by atoms with E-state index >= 15 is 0 Å². The number of carbonyl (C=O) groups is 4. The number of likely N-dealkylation sites (tertiary alicyclic amines) is 1. The SMILES string of the molecule is CC[C@H](C)[C@H](NC(=O)[C@@H](SC(C)=O)C(C)C)C(=O)N1C2CCCCC2C[C@H]1C(=O)OC. The maximum absolute atomic E-state index is 13.8. The number of ether oxygens (including phenoxy) is 1. The van der Waals surface area contributed by atoms with Crippen molar-refractivity contribution in [3.63, 3.8) is 0 Å². The van der Waals surface area contributed by atoms with Gasteiger partial charge in [0.15, 0.2) is 5.12 Å². The fraction of sp³-hybridized carbons (Fsp3) is 0.826. The highest BCUT2D eigenvalue weighted by Gasteiger charge is 2.50. The molecule has 0 aromatic carbocycles. The summed E-state index contributed by atoms with van der Waals surface area (Å²) < 4.78 is 5.02. The second-order valence-electron chi connectivity index (χ2n) is 9.28. The minimum atomic E-state index is -0.737. The monoisotopic (exact) mass is 454 g/mol. The van der Waals surface area contributed by atoms with Crippen LogP contribution < -0.4 is 5.32 Å². The smallest absolute Gasteiger partial charge is 0.328 e. The van der Waals surface area contributed by atoms with E-state index in [2.05, 4.69) is 5.32 Å². The van der Waals surface area contributed by atoms with Crippen LogP contribution in [0, 0.1) is 17.8 Å². The molecule has 176 valence electrons. The molecule has 2 fully saturated rings. The third-order valence-corrected chi connectivity index (χ3v) is 8.09. The van der Waals surface area contributed by atoms with Gasteiger partial charge in [0.1, 0.15) is 12.1 Å². The molecular formula is C23H38N2O5S. The molecule has 0 radical (unpaired) electrons. The van der Waals surface area contributed by atoms with Gasteiger partial charge in [-0.05, 0) is 37.0 Å². The van der Waals surface area contributed by atoms with Crippen molar-refractivity contribution >= 4 is 34.7 Å². The molecule has 1 aliphatic heterocycles. The maximum atomic E-state index is 13.8. The van der Waals surface area contributed by atoms with Crippen molar-refractivity contribution in [3.8, 4) is 0 Å². The molecule has 1 aliphatic carbocycles. The molecule has 0 aromatic rings. The number of carbonyl (C=O) groups excluding carboxylic acids is 4. The van der Waals surface area contributed by atoms with Crippen molar-refractivity contribution in [2.75, 3.05) is 7.11 Å². The van der Waals surface area contributed by atoms with Gasteiger partial charge < -0.3 is 15.0 Å². The van der Waals surface area contributed by atoms with Crippen LogP contribution in [-0.2, 0) is 23.9 Å². The number of nitrogens with zero attached hydrogens (tertiary/aromatic N) is 1. The summed E-state index contributed by atoms with van der Waals surface area (Å²) in [5.41, 5.74) is 0. The highest BCUT2D eigenvalue weighted by atomic mass is 32.2. The Balaban J connectivity index is 2.31. The Morgan fingerprint density at radius 2 is 1.77 bits per heavy atom. The first-order chi connectivity index (χ1) is 14.6. The van der Waals surface area contributed by atoms with Gasteiger partial charge in [0, 0.05) is 13.0 Å². The molecular weight excluding hydrogens is 416 g/mol. The molecule has 31 heavy (non-hydrogen) atoms.